The Morgan fingerprint density at radius 1 is 0.968 bits per heavy atom. The summed E-state index contributed by atoms with van der Waals surface area (Å²) < 4.78 is 15.8. The number of amides is 2. The Bertz CT molecular complexity index is 1380. The standard InChI is InChI=1S/C22H15FN6O2/c23-18-8-3-15(22(31)26-17-6-1-13(2-7-17)21(25)30)11-14(18)4-9-19-27-28-20-10-5-16(24)12-29(19)20/h1-3,5-8,10-12H,24H2,(H2,25,30)(H,26,31). The second-order valence-electron chi connectivity index (χ2n) is 6.55. The Kier molecular flexibility index (Phi) is 5.03. The molecule has 4 rings (SSSR count). The van der Waals surface area contributed by atoms with Crippen molar-refractivity contribution in [2.45, 2.75) is 0 Å². The van der Waals surface area contributed by atoms with Gasteiger partial charge in [-0.05, 0) is 60.5 Å². The number of aromatic nitrogens is 3. The highest BCUT2D eigenvalue weighted by Gasteiger charge is 2.10. The van der Waals surface area contributed by atoms with Crippen LogP contribution < -0.4 is 16.8 Å². The molecule has 0 aliphatic rings. The zero-order chi connectivity index (χ0) is 22.0. The third-order valence-electron chi connectivity index (χ3n) is 4.39. The van der Waals surface area contributed by atoms with Gasteiger partial charge in [-0.3, -0.25) is 14.0 Å². The first-order valence-electron chi connectivity index (χ1n) is 9.04. The number of rotatable bonds is 3. The number of nitrogens with one attached hydrogen (secondary N) is 1. The molecule has 2 aromatic heterocycles. The molecule has 0 radical (unpaired) electrons. The third-order valence-corrected chi connectivity index (χ3v) is 4.39. The molecule has 0 saturated carbocycles. The second kappa shape index (κ2) is 7.96. The molecular formula is C22H15FN6O2. The molecular weight excluding hydrogens is 399 g/mol. The summed E-state index contributed by atoms with van der Waals surface area (Å²) in [5.74, 6) is 4.11. The molecule has 0 aliphatic heterocycles. The Balaban J connectivity index is 1.58. The van der Waals surface area contributed by atoms with E-state index in [9.17, 15) is 14.0 Å². The summed E-state index contributed by atoms with van der Waals surface area (Å²) >= 11 is 0. The van der Waals surface area contributed by atoms with Crippen LogP contribution in [0.1, 0.15) is 32.1 Å². The fourth-order valence-electron chi connectivity index (χ4n) is 2.80. The van der Waals surface area contributed by atoms with Gasteiger partial charge < -0.3 is 16.8 Å². The molecule has 2 amide bonds. The van der Waals surface area contributed by atoms with Crippen LogP contribution in [-0.2, 0) is 0 Å². The number of pyridine rings is 1. The molecule has 0 aliphatic carbocycles. The minimum absolute atomic E-state index is 0.0254. The van der Waals surface area contributed by atoms with Crippen LogP contribution in [0, 0.1) is 17.7 Å². The summed E-state index contributed by atoms with van der Waals surface area (Å²) in [6, 6.07) is 13.3. The van der Waals surface area contributed by atoms with Crippen LogP contribution in [0.2, 0.25) is 0 Å². The summed E-state index contributed by atoms with van der Waals surface area (Å²) in [6.45, 7) is 0. The largest absolute Gasteiger partial charge is 0.398 e. The van der Waals surface area contributed by atoms with Crippen molar-refractivity contribution in [1.82, 2.24) is 14.6 Å². The molecule has 9 heteroatoms. The minimum Gasteiger partial charge on any atom is -0.398 e. The predicted molar refractivity (Wildman–Crippen MR) is 113 cm³/mol. The quantitative estimate of drug-likeness (QED) is 0.443. The van der Waals surface area contributed by atoms with Crippen molar-refractivity contribution in [3.05, 3.63) is 89.1 Å². The van der Waals surface area contributed by atoms with Crippen LogP contribution in [0.4, 0.5) is 15.8 Å². The highest BCUT2D eigenvalue weighted by Crippen LogP contribution is 2.14. The van der Waals surface area contributed by atoms with Gasteiger partial charge in [-0.15, -0.1) is 10.2 Å². The molecule has 8 nitrogen and oxygen atoms in total. The number of nitrogen functional groups attached to an aromatic ring is 1. The minimum atomic E-state index is -0.580. The van der Waals surface area contributed by atoms with E-state index in [1.54, 1.807) is 34.9 Å². The van der Waals surface area contributed by atoms with Crippen LogP contribution in [-0.4, -0.2) is 26.4 Å². The highest BCUT2D eigenvalue weighted by molar-refractivity contribution is 6.04. The fourth-order valence-corrected chi connectivity index (χ4v) is 2.80. The molecule has 31 heavy (non-hydrogen) atoms. The summed E-state index contributed by atoms with van der Waals surface area (Å²) in [5.41, 5.74) is 13.0. The highest BCUT2D eigenvalue weighted by atomic mass is 19.1. The maximum absolute atomic E-state index is 14.2. The number of fused-ring (bicyclic) bond motifs is 1. The first-order chi connectivity index (χ1) is 14.9. The van der Waals surface area contributed by atoms with E-state index in [2.05, 4.69) is 27.4 Å². The molecule has 2 heterocycles. The number of nitrogens with two attached hydrogens (primary N) is 2. The van der Waals surface area contributed by atoms with Crippen LogP contribution in [0.25, 0.3) is 5.65 Å². The van der Waals surface area contributed by atoms with E-state index < -0.39 is 17.6 Å². The Morgan fingerprint density at radius 2 is 1.71 bits per heavy atom. The molecule has 0 spiro atoms. The maximum atomic E-state index is 14.2. The van der Waals surface area contributed by atoms with Crippen LogP contribution in [0.5, 0.6) is 0 Å². The number of carbonyl (C=O) groups is 2. The van der Waals surface area contributed by atoms with Gasteiger partial charge in [0, 0.05) is 28.7 Å². The number of carbonyl (C=O) groups excluding carboxylic acids is 2. The van der Waals surface area contributed by atoms with Crippen molar-refractivity contribution in [2.24, 2.45) is 5.73 Å². The molecule has 0 bridgehead atoms. The van der Waals surface area contributed by atoms with Crippen molar-refractivity contribution in [1.29, 1.82) is 0 Å². The number of halogens is 1. The summed E-state index contributed by atoms with van der Waals surface area (Å²) in [7, 11) is 0. The molecule has 0 unspecified atom stereocenters. The lowest BCUT2D eigenvalue weighted by molar-refractivity contribution is 0.0998. The monoisotopic (exact) mass is 414 g/mol. The number of hydrogen-bond donors (Lipinski definition) is 3. The molecule has 2 aromatic carbocycles. The Labute approximate surface area is 175 Å². The van der Waals surface area contributed by atoms with Gasteiger partial charge in [-0.25, -0.2) is 4.39 Å². The van der Waals surface area contributed by atoms with E-state index in [1.807, 2.05) is 0 Å². The fraction of sp³-hybridized carbons (Fsp3) is 0. The van der Waals surface area contributed by atoms with Crippen LogP contribution in [0.3, 0.4) is 0 Å². The number of benzene rings is 2. The first-order valence-corrected chi connectivity index (χ1v) is 9.04. The van der Waals surface area contributed by atoms with E-state index in [0.717, 1.165) is 6.07 Å². The van der Waals surface area contributed by atoms with Crippen LogP contribution in [0.15, 0.2) is 60.8 Å². The molecule has 5 N–H and O–H groups in total. The third kappa shape index (κ3) is 4.18. The van der Waals surface area contributed by atoms with Gasteiger partial charge in [0.25, 0.3) is 5.91 Å². The topological polar surface area (TPSA) is 128 Å². The number of anilines is 2. The van der Waals surface area contributed by atoms with Crippen molar-refractivity contribution in [3.8, 4) is 11.8 Å². The average Bonchev–Trinajstić information content (AvgIpc) is 3.15. The van der Waals surface area contributed by atoms with Gasteiger partial charge in [0.1, 0.15) is 5.82 Å². The van der Waals surface area contributed by atoms with Gasteiger partial charge in [-0.1, -0.05) is 5.92 Å². The zero-order valence-corrected chi connectivity index (χ0v) is 16.0. The lowest BCUT2D eigenvalue weighted by atomic mass is 10.1. The van der Waals surface area contributed by atoms with Crippen molar-refractivity contribution in [2.75, 3.05) is 11.1 Å². The average molecular weight is 414 g/mol. The van der Waals surface area contributed by atoms with E-state index in [-0.39, 0.29) is 17.0 Å². The molecule has 0 fully saturated rings. The van der Waals surface area contributed by atoms with Gasteiger partial charge in [-0.2, -0.15) is 0 Å². The molecule has 0 atom stereocenters. The van der Waals surface area contributed by atoms with Gasteiger partial charge >= 0.3 is 0 Å². The summed E-state index contributed by atoms with van der Waals surface area (Å²) in [5, 5.41) is 10.6. The first kappa shape index (κ1) is 19.6. The van der Waals surface area contributed by atoms with E-state index in [4.69, 9.17) is 11.5 Å². The van der Waals surface area contributed by atoms with E-state index >= 15 is 0 Å². The van der Waals surface area contributed by atoms with E-state index in [0.29, 0.717) is 22.6 Å². The zero-order valence-electron chi connectivity index (χ0n) is 16.0. The lowest BCUT2D eigenvalue weighted by Crippen LogP contribution is -2.13. The normalized spacial score (nSPS) is 10.4. The van der Waals surface area contributed by atoms with Crippen molar-refractivity contribution < 1.29 is 14.0 Å². The molecule has 0 saturated heterocycles. The van der Waals surface area contributed by atoms with Gasteiger partial charge in [0.15, 0.2) is 5.65 Å². The Morgan fingerprint density at radius 3 is 2.45 bits per heavy atom. The number of primary amides is 1. The number of nitrogens with zero attached hydrogens (tertiary/aromatic N) is 3. The Hall–Kier alpha value is -4.71. The van der Waals surface area contributed by atoms with Crippen molar-refractivity contribution in [3.63, 3.8) is 0 Å². The van der Waals surface area contributed by atoms with Crippen molar-refractivity contribution >= 4 is 28.8 Å². The predicted octanol–water partition coefficient (Wildman–Crippen LogP) is 2.20. The second-order valence-corrected chi connectivity index (χ2v) is 6.55. The van der Waals surface area contributed by atoms with Crippen LogP contribution >= 0.6 is 0 Å². The summed E-state index contributed by atoms with van der Waals surface area (Å²) in [4.78, 5) is 23.7. The maximum Gasteiger partial charge on any atom is 0.255 e. The smallest absolute Gasteiger partial charge is 0.255 e. The van der Waals surface area contributed by atoms with Gasteiger partial charge in [0.05, 0.1) is 5.56 Å². The van der Waals surface area contributed by atoms with E-state index in [1.165, 1.54) is 24.3 Å². The molecule has 4 aromatic rings. The lowest BCUT2D eigenvalue weighted by Gasteiger charge is -2.06. The SMILES string of the molecule is NC(=O)c1ccc(NC(=O)c2ccc(F)c(C#Cc3nnc4ccc(N)cn34)c2)cc1. The molecule has 152 valence electrons. The van der Waals surface area contributed by atoms with Gasteiger partial charge in [0.2, 0.25) is 11.7 Å². The number of hydrogen-bond acceptors (Lipinski definition) is 5. The summed E-state index contributed by atoms with van der Waals surface area (Å²) in [6.07, 6.45) is 1.61.